The monoisotopic (exact) mass is 317 g/mol. The predicted octanol–water partition coefficient (Wildman–Crippen LogP) is 2.01. The Labute approximate surface area is 138 Å². The van der Waals surface area contributed by atoms with Crippen LogP contribution in [0.1, 0.15) is 37.8 Å². The van der Waals surface area contributed by atoms with Gasteiger partial charge in [0.2, 0.25) is 5.91 Å². The van der Waals surface area contributed by atoms with Crippen molar-refractivity contribution in [1.29, 1.82) is 0 Å². The molecule has 2 heterocycles. The van der Waals surface area contributed by atoms with Crippen molar-refractivity contribution in [1.82, 2.24) is 15.2 Å². The van der Waals surface area contributed by atoms with Gasteiger partial charge in [-0.1, -0.05) is 6.07 Å². The summed E-state index contributed by atoms with van der Waals surface area (Å²) in [6, 6.07) is 4.42. The van der Waals surface area contributed by atoms with E-state index < -0.39 is 0 Å². The van der Waals surface area contributed by atoms with Gasteiger partial charge in [0.05, 0.1) is 6.61 Å². The highest BCUT2D eigenvalue weighted by Gasteiger charge is 2.33. The summed E-state index contributed by atoms with van der Waals surface area (Å²) in [7, 11) is 2.14. The van der Waals surface area contributed by atoms with E-state index in [0.717, 1.165) is 19.6 Å². The molecule has 5 heteroatoms. The number of carbonyl (C=O) groups is 1. The second-order valence-corrected chi connectivity index (χ2v) is 6.92. The van der Waals surface area contributed by atoms with Gasteiger partial charge in [-0.05, 0) is 63.2 Å². The maximum absolute atomic E-state index is 12.2. The quantitative estimate of drug-likeness (QED) is 0.836. The number of hydrogen-bond donors (Lipinski definition) is 1. The summed E-state index contributed by atoms with van der Waals surface area (Å²) in [5.41, 5.74) is 1.23. The SMILES string of the molecule is CC(OCC1CC1)C(=O)NC[C@@H]1CCN(C)[C@H]1c1cccnc1. The van der Waals surface area contributed by atoms with Gasteiger partial charge in [-0.15, -0.1) is 0 Å². The molecule has 3 atom stereocenters. The summed E-state index contributed by atoms with van der Waals surface area (Å²) < 4.78 is 5.64. The second kappa shape index (κ2) is 7.41. The van der Waals surface area contributed by atoms with Gasteiger partial charge in [0.1, 0.15) is 6.10 Å². The van der Waals surface area contributed by atoms with Crippen molar-refractivity contribution in [3.05, 3.63) is 30.1 Å². The molecule has 2 aliphatic rings. The minimum Gasteiger partial charge on any atom is -0.368 e. The summed E-state index contributed by atoms with van der Waals surface area (Å²) in [5, 5.41) is 3.08. The van der Waals surface area contributed by atoms with Gasteiger partial charge >= 0.3 is 0 Å². The van der Waals surface area contributed by atoms with E-state index in [2.05, 4.69) is 28.3 Å². The molecule has 1 aliphatic carbocycles. The smallest absolute Gasteiger partial charge is 0.248 e. The average molecular weight is 317 g/mol. The van der Waals surface area contributed by atoms with E-state index in [1.165, 1.54) is 18.4 Å². The molecule has 1 saturated carbocycles. The molecule has 1 aromatic rings. The Bertz CT molecular complexity index is 518. The highest BCUT2D eigenvalue weighted by molar-refractivity contribution is 5.80. The van der Waals surface area contributed by atoms with E-state index in [1.807, 2.05) is 19.2 Å². The fourth-order valence-corrected chi connectivity index (χ4v) is 3.33. The summed E-state index contributed by atoms with van der Waals surface area (Å²) in [4.78, 5) is 18.8. The van der Waals surface area contributed by atoms with Crippen molar-refractivity contribution in [3.63, 3.8) is 0 Å². The molecule has 1 amide bonds. The van der Waals surface area contributed by atoms with Crippen molar-refractivity contribution in [2.45, 2.75) is 38.3 Å². The number of amides is 1. The fourth-order valence-electron chi connectivity index (χ4n) is 3.33. The fraction of sp³-hybridized carbons (Fsp3) is 0.667. The summed E-state index contributed by atoms with van der Waals surface area (Å²) in [6.07, 6.45) is 6.96. The van der Waals surface area contributed by atoms with Crippen LogP contribution >= 0.6 is 0 Å². The summed E-state index contributed by atoms with van der Waals surface area (Å²) in [6.45, 7) is 4.31. The van der Waals surface area contributed by atoms with E-state index in [0.29, 0.717) is 24.4 Å². The molecule has 0 spiro atoms. The molecule has 126 valence electrons. The van der Waals surface area contributed by atoms with Gasteiger partial charge < -0.3 is 10.1 Å². The molecule has 1 unspecified atom stereocenters. The van der Waals surface area contributed by atoms with Gasteiger partial charge in [-0.25, -0.2) is 0 Å². The van der Waals surface area contributed by atoms with Gasteiger partial charge in [0.15, 0.2) is 0 Å². The molecular formula is C18H27N3O2. The van der Waals surface area contributed by atoms with Crippen LogP contribution in [0.3, 0.4) is 0 Å². The van der Waals surface area contributed by atoms with E-state index in [4.69, 9.17) is 4.74 Å². The summed E-state index contributed by atoms with van der Waals surface area (Å²) >= 11 is 0. The number of pyridine rings is 1. The van der Waals surface area contributed by atoms with Crippen molar-refractivity contribution in [2.75, 3.05) is 26.7 Å². The van der Waals surface area contributed by atoms with Crippen LogP contribution in [0, 0.1) is 11.8 Å². The van der Waals surface area contributed by atoms with E-state index in [1.54, 1.807) is 6.20 Å². The van der Waals surface area contributed by atoms with Crippen molar-refractivity contribution < 1.29 is 9.53 Å². The van der Waals surface area contributed by atoms with Crippen LogP contribution in [-0.4, -0.2) is 48.6 Å². The van der Waals surface area contributed by atoms with Crippen molar-refractivity contribution >= 4 is 5.91 Å². The number of ether oxygens (including phenoxy) is 1. The minimum absolute atomic E-state index is 0.00476. The number of nitrogens with one attached hydrogen (secondary N) is 1. The van der Waals surface area contributed by atoms with Gasteiger partial charge in [-0.2, -0.15) is 0 Å². The molecule has 23 heavy (non-hydrogen) atoms. The third-order valence-corrected chi connectivity index (χ3v) is 4.99. The van der Waals surface area contributed by atoms with Crippen LogP contribution in [0.25, 0.3) is 0 Å². The number of nitrogens with zero attached hydrogens (tertiary/aromatic N) is 2. The zero-order valence-corrected chi connectivity index (χ0v) is 14.1. The average Bonchev–Trinajstić information content (AvgIpc) is 3.33. The first-order valence-electron chi connectivity index (χ1n) is 8.64. The number of carbonyl (C=O) groups excluding carboxylic acids is 1. The molecule has 2 fully saturated rings. The molecule has 0 aromatic carbocycles. The van der Waals surface area contributed by atoms with Crippen LogP contribution in [0.15, 0.2) is 24.5 Å². The van der Waals surface area contributed by atoms with Crippen molar-refractivity contribution in [2.24, 2.45) is 11.8 Å². The zero-order chi connectivity index (χ0) is 16.2. The molecule has 1 saturated heterocycles. The molecular weight excluding hydrogens is 290 g/mol. The Hall–Kier alpha value is -1.46. The summed E-state index contributed by atoms with van der Waals surface area (Å²) in [5.74, 6) is 1.11. The van der Waals surface area contributed by atoms with Crippen LogP contribution in [0.4, 0.5) is 0 Å². The van der Waals surface area contributed by atoms with Crippen LogP contribution in [0.5, 0.6) is 0 Å². The van der Waals surface area contributed by atoms with E-state index >= 15 is 0 Å². The second-order valence-electron chi connectivity index (χ2n) is 6.92. The van der Waals surface area contributed by atoms with Crippen LogP contribution in [-0.2, 0) is 9.53 Å². The maximum atomic E-state index is 12.2. The van der Waals surface area contributed by atoms with E-state index in [-0.39, 0.29) is 12.0 Å². The molecule has 0 radical (unpaired) electrons. The molecule has 0 bridgehead atoms. The number of aromatic nitrogens is 1. The molecule has 3 rings (SSSR count). The largest absolute Gasteiger partial charge is 0.368 e. The highest BCUT2D eigenvalue weighted by Crippen LogP contribution is 2.35. The Morgan fingerprint density at radius 3 is 3.00 bits per heavy atom. The number of rotatable bonds is 7. The van der Waals surface area contributed by atoms with Crippen LogP contribution in [0.2, 0.25) is 0 Å². The molecule has 1 N–H and O–H groups in total. The first-order valence-corrected chi connectivity index (χ1v) is 8.64. The number of hydrogen-bond acceptors (Lipinski definition) is 4. The molecule has 5 nitrogen and oxygen atoms in total. The van der Waals surface area contributed by atoms with Gasteiger partial charge in [0.25, 0.3) is 0 Å². The van der Waals surface area contributed by atoms with E-state index in [9.17, 15) is 4.79 Å². The topological polar surface area (TPSA) is 54.5 Å². The normalized spacial score (nSPS) is 26.2. The lowest BCUT2D eigenvalue weighted by molar-refractivity contribution is -0.132. The highest BCUT2D eigenvalue weighted by atomic mass is 16.5. The van der Waals surface area contributed by atoms with Gasteiger partial charge in [0, 0.05) is 25.0 Å². The first-order chi connectivity index (χ1) is 11.1. The first kappa shape index (κ1) is 16.4. The lowest BCUT2D eigenvalue weighted by Gasteiger charge is -2.26. The van der Waals surface area contributed by atoms with Crippen LogP contribution < -0.4 is 5.32 Å². The third kappa shape index (κ3) is 4.30. The Balaban J connectivity index is 1.51. The molecule has 1 aliphatic heterocycles. The Morgan fingerprint density at radius 2 is 2.30 bits per heavy atom. The Morgan fingerprint density at radius 1 is 1.48 bits per heavy atom. The minimum atomic E-state index is -0.355. The maximum Gasteiger partial charge on any atom is 0.248 e. The van der Waals surface area contributed by atoms with Gasteiger partial charge in [-0.3, -0.25) is 14.7 Å². The lowest BCUT2D eigenvalue weighted by Crippen LogP contribution is -2.38. The predicted molar refractivity (Wildman–Crippen MR) is 88.9 cm³/mol. The zero-order valence-electron chi connectivity index (χ0n) is 14.1. The standard InChI is InChI=1S/C18H27N3O2/c1-13(23-12-14-5-6-14)18(22)20-11-16-7-9-21(2)17(16)15-4-3-8-19-10-15/h3-4,8,10,13-14,16-17H,5-7,9,11-12H2,1-2H3,(H,20,22)/t13?,16-,17-/m0/s1. The lowest BCUT2D eigenvalue weighted by atomic mass is 9.94. The third-order valence-electron chi connectivity index (χ3n) is 4.99. The number of likely N-dealkylation sites (tertiary alicyclic amines) is 1. The van der Waals surface area contributed by atoms with Crippen molar-refractivity contribution in [3.8, 4) is 0 Å². The molecule has 1 aromatic heterocycles. The Kier molecular flexibility index (Phi) is 5.28.